The number of hydrogen-bond donors (Lipinski definition) is 1. The Balaban J connectivity index is 1.90. The average Bonchev–Trinajstić information content (AvgIpc) is 2.39. The minimum absolute atomic E-state index is 0.0168. The number of piperidine rings is 1. The van der Waals surface area contributed by atoms with Crippen LogP contribution in [0.15, 0.2) is 24.5 Å². The smallest absolute Gasteiger partial charge is 0.303 e. The summed E-state index contributed by atoms with van der Waals surface area (Å²) in [7, 11) is 0. The molecule has 0 aromatic carbocycles. The molecule has 2 heterocycles. The molecular weight excluding hydrogens is 232 g/mol. The lowest BCUT2D eigenvalue weighted by atomic mass is 9.93. The molecule has 0 radical (unpaired) electrons. The third-order valence-electron chi connectivity index (χ3n) is 3.27. The molecule has 0 unspecified atom stereocenters. The fourth-order valence-corrected chi connectivity index (χ4v) is 2.26. The summed E-state index contributed by atoms with van der Waals surface area (Å²) in [6.45, 7) is 1.26. The van der Waals surface area contributed by atoms with Crippen LogP contribution in [0.2, 0.25) is 0 Å². The Hall–Kier alpha value is -1.91. The number of carbonyl (C=O) groups is 2. The Morgan fingerprint density at radius 1 is 1.39 bits per heavy atom. The van der Waals surface area contributed by atoms with E-state index in [9.17, 15) is 9.59 Å². The monoisotopic (exact) mass is 248 g/mol. The lowest BCUT2D eigenvalue weighted by molar-refractivity contribution is -0.138. The lowest BCUT2D eigenvalue weighted by Crippen LogP contribution is -2.38. The van der Waals surface area contributed by atoms with Crippen LogP contribution < -0.4 is 0 Å². The normalized spacial score (nSPS) is 16.6. The summed E-state index contributed by atoms with van der Waals surface area (Å²) < 4.78 is 0. The van der Waals surface area contributed by atoms with E-state index in [2.05, 4.69) is 4.98 Å². The van der Waals surface area contributed by atoms with Gasteiger partial charge < -0.3 is 10.0 Å². The van der Waals surface area contributed by atoms with Crippen LogP contribution in [0.25, 0.3) is 0 Å². The maximum absolute atomic E-state index is 12.1. The summed E-state index contributed by atoms with van der Waals surface area (Å²) in [5, 5.41) is 8.73. The van der Waals surface area contributed by atoms with E-state index in [1.807, 2.05) is 0 Å². The maximum atomic E-state index is 12.1. The van der Waals surface area contributed by atoms with Gasteiger partial charge in [0.05, 0.1) is 5.56 Å². The van der Waals surface area contributed by atoms with Gasteiger partial charge in [-0.2, -0.15) is 0 Å². The minimum Gasteiger partial charge on any atom is -0.481 e. The number of aromatic nitrogens is 1. The first-order valence-electron chi connectivity index (χ1n) is 6.08. The third kappa shape index (κ3) is 3.06. The molecule has 1 N–H and O–H groups in total. The highest BCUT2D eigenvalue weighted by molar-refractivity contribution is 5.93. The molecule has 1 fully saturated rings. The largest absolute Gasteiger partial charge is 0.481 e. The van der Waals surface area contributed by atoms with E-state index in [4.69, 9.17) is 5.11 Å². The number of hydrogen-bond acceptors (Lipinski definition) is 3. The van der Waals surface area contributed by atoms with Crippen molar-refractivity contribution in [2.24, 2.45) is 5.92 Å². The van der Waals surface area contributed by atoms with E-state index in [0.717, 1.165) is 12.8 Å². The fraction of sp³-hybridized carbons (Fsp3) is 0.462. The first-order valence-corrected chi connectivity index (χ1v) is 6.08. The Morgan fingerprint density at radius 3 is 2.67 bits per heavy atom. The summed E-state index contributed by atoms with van der Waals surface area (Å²) in [6.07, 6.45) is 4.92. The van der Waals surface area contributed by atoms with Crippen molar-refractivity contribution in [3.05, 3.63) is 30.1 Å². The second-order valence-corrected chi connectivity index (χ2v) is 4.58. The standard InChI is InChI=1S/C13H16N2O3/c16-12(17)8-10-3-6-15(7-4-10)13(18)11-2-1-5-14-9-11/h1-2,5,9-10H,3-4,6-8H2,(H,16,17). The molecular formula is C13H16N2O3. The van der Waals surface area contributed by atoms with Gasteiger partial charge in [0.15, 0.2) is 0 Å². The van der Waals surface area contributed by atoms with Gasteiger partial charge in [-0.15, -0.1) is 0 Å². The Kier molecular flexibility index (Phi) is 3.92. The second-order valence-electron chi connectivity index (χ2n) is 4.58. The molecule has 5 nitrogen and oxygen atoms in total. The highest BCUT2D eigenvalue weighted by Crippen LogP contribution is 2.21. The first-order chi connectivity index (χ1) is 8.66. The minimum atomic E-state index is -0.757. The molecule has 1 aliphatic heterocycles. The Bertz CT molecular complexity index is 425. The first kappa shape index (κ1) is 12.5. The van der Waals surface area contributed by atoms with Crippen LogP contribution in [-0.2, 0) is 4.79 Å². The summed E-state index contributed by atoms with van der Waals surface area (Å²) in [4.78, 5) is 28.4. The average molecular weight is 248 g/mol. The van der Waals surface area contributed by atoms with Crippen molar-refractivity contribution in [1.82, 2.24) is 9.88 Å². The molecule has 2 rings (SSSR count). The van der Waals surface area contributed by atoms with Crippen LogP contribution in [0.3, 0.4) is 0 Å². The molecule has 5 heteroatoms. The van der Waals surface area contributed by atoms with Crippen LogP contribution in [-0.4, -0.2) is 40.0 Å². The molecule has 0 aliphatic carbocycles. The molecule has 1 aromatic rings. The van der Waals surface area contributed by atoms with Gasteiger partial charge in [0.1, 0.15) is 0 Å². The van der Waals surface area contributed by atoms with Crippen molar-refractivity contribution in [3.63, 3.8) is 0 Å². The number of carboxylic acid groups (broad SMARTS) is 1. The van der Waals surface area contributed by atoms with Crippen LogP contribution in [0, 0.1) is 5.92 Å². The number of carbonyl (C=O) groups excluding carboxylic acids is 1. The number of carboxylic acids is 1. The molecule has 1 aromatic heterocycles. The molecule has 1 amide bonds. The molecule has 18 heavy (non-hydrogen) atoms. The van der Waals surface area contributed by atoms with Crippen molar-refractivity contribution in [1.29, 1.82) is 0 Å². The molecule has 0 saturated carbocycles. The SMILES string of the molecule is O=C(O)CC1CCN(C(=O)c2cccnc2)CC1. The van der Waals surface area contributed by atoms with E-state index in [1.54, 1.807) is 29.4 Å². The Morgan fingerprint density at radius 2 is 2.11 bits per heavy atom. The molecule has 1 aliphatic rings. The van der Waals surface area contributed by atoms with Gasteiger partial charge in [-0.05, 0) is 30.9 Å². The van der Waals surface area contributed by atoms with E-state index < -0.39 is 5.97 Å². The lowest BCUT2D eigenvalue weighted by Gasteiger charge is -2.31. The van der Waals surface area contributed by atoms with Crippen LogP contribution in [0.1, 0.15) is 29.6 Å². The number of pyridine rings is 1. The highest BCUT2D eigenvalue weighted by Gasteiger charge is 2.24. The van der Waals surface area contributed by atoms with E-state index in [1.165, 1.54) is 0 Å². The zero-order valence-corrected chi connectivity index (χ0v) is 10.1. The topological polar surface area (TPSA) is 70.5 Å². The number of rotatable bonds is 3. The molecule has 96 valence electrons. The number of likely N-dealkylation sites (tertiary alicyclic amines) is 1. The van der Waals surface area contributed by atoms with Crippen molar-refractivity contribution < 1.29 is 14.7 Å². The number of amides is 1. The van der Waals surface area contributed by atoms with Crippen LogP contribution in [0.4, 0.5) is 0 Å². The maximum Gasteiger partial charge on any atom is 0.303 e. The zero-order chi connectivity index (χ0) is 13.0. The summed E-state index contributed by atoms with van der Waals surface area (Å²) in [5.74, 6) is -0.579. The van der Waals surface area contributed by atoms with Gasteiger partial charge in [0.25, 0.3) is 5.91 Å². The molecule has 1 saturated heterocycles. The summed E-state index contributed by atoms with van der Waals surface area (Å²) in [6, 6.07) is 3.49. The quantitative estimate of drug-likeness (QED) is 0.878. The predicted molar refractivity (Wildman–Crippen MR) is 65.1 cm³/mol. The molecule has 0 bridgehead atoms. The third-order valence-corrected chi connectivity index (χ3v) is 3.27. The van der Waals surface area contributed by atoms with Crippen molar-refractivity contribution >= 4 is 11.9 Å². The predicted octanol–water partition coefficient (Wildman–Crippen LogP) is 1.41. The van der Waals surface area contributed by atoms with Crippen molar-refractivity contribution in [2.45, 2.75) is 19.3 Å². The fourth-order valence-electron chi connectivity index (χ4n) is 2.26. The van der Waals surface area contributed by atoms with Gasteiger partial charge in [-0.3, -0.25) is 14.6 Å². The van der Waals surface area contributed by atoms with E-state index in [0.29, 0.717) is 18.7 Å². The van der Waals surface area contributed by atoms with E-state index >= 15 is 0 Å². The summed E-state index contributed by atoms with van der Waals surface area (Å²) >= 11 is 0. The summed E-state index contributed by atoms with van der Waals surface area (Å²) in [5.41, 5.74) is 0.592. The van der Waals surface area contributed by atoms with Crippen LogP contribution >= 0.6 is 0 Å². The number of aliphatic carboxylic acids is 1. The zero-order valence-electron chi connectivity index (χ0n) is 10.1. The molecule has 0 atom stereocenters. The van der Waals surface area contributed by atoms with Gasteiger partial charge in [0.2, 0.25) is 0 Å². The van der Waals surface area contributed by atoms with Crippen molar-refractivity contribution in [3.8, 4) is 0 Å². The number of nitrogens with zero attached hydrogens (tertiary/aromatic N) is 2. The van der Waals surface area contributed by atoms with Gasteiger partial charge in [-0.25, -0.2) is 0 Å². The van der Waals surface area contributed by atoms with E-state index in [-0.39, 0.29) is 18.2 Å². The van der Waals surface area contributed by atoms with Gasteiger partial charge in [-0.1, -0.05) is 0 Å². The van der Waals surface area contributed by atoms with Crippen LogP contribution in [0.5, 0.6) is 0 Å². The van der Waals surface area contributed by atoms with Gasteiger partial charge in [0, 0.05) is 31.9 Å². The molecule has 0 spiro atoms. The second kappa shape index (κ2) is 5.62. The Labute approximate surface area is 105 Å². The van der Waals surface area contributed by atoms with Crippen molar-refractivity contribution in [2.75, 3.05) is 13.1 Å². The highest BCUT2D eigenvalue weighted by atomic mass is 16.4. The van der Waals surface area contributed by atoms with Gasteiger partial charge >= 0.3 is 5.97 Å².